The standard InChI is InChI=1S/C30H41N3O5/c1-3-5-6-14-28(36)38-20-24(17-23-19-31-26-13-8-7-12-25(23)26)32-29(37)22(11-4-2)18-27(35)33-30(21-34)15-9-10-16-30/h3-4,7-8,12-13,19,22,24,31,34H,1-2,5-6,9-11,14-18,20-21H2,(H,32,37)(H,33,35). The Bertz CT molecular complexity index is 1100. The van der Waals surface area contributed by atoms with Gasteiger partial charge in [0.2, 0.25) is 11.8 Å². The van der Waals surface area contributed by atoms with Gasteiger partial charge in [-0.05, 0) is 50.2 Å². The number of aromatic amines is 1. The second kappa shape index (κ2) is 14.5. The van der Waals surface area contributed by atoms with E-state index in [2.05, 4.69) is 28.8 Å². The van der Waals surface area contributed by atoms with Crippen LogP contribution in [0.4, 0.5) is 0 Å². The van der Waals surface area contributed by atoms with E-state index in [4.69, 9.17) is 4.74 Å². The van der Waals surface area contributed by atoms with Crippen molar-refractivity contribution in [1.82, 2.24) is 15.6 Å². The summed E-state index contributed by atoms with van der Waals surface area (Å²) in [6, 6.07) is 7.42. The molecule has 38 heavy (non-hydrogen) atoms. The van der Waals surface area contributed by atoms with Crippen molar-refractivity contribution in [1.29, 1.82) is 0 Å². The van der Waals surface area contributed by atoms with Gasteiger partial charge in [-0.25, -0.2) is 0 Å². The van der Waals surface area contributed by atoms with Crippen LogP contribution in [0.1, 0.15) is 63.4 Å². The predicted molar refractivity (Wildman–Crippen MR) is 148 cm³/mol. The molecule has 2 amide bonds. The van der Waals surface area contributed by atoms with Crippen molar-refractivity contribution < 1.29 is 24.2 Å². The number of hydrogen-bond donors (Lipinski definition) is 4. The molecule has 8 heteroatoms. The molecule has 0 saturated heterocycles. The van der Waals surface area contributed by atoms with Crippen molar-refractivity contribution in [2.75, 3.05) is 13.2 Å². The molecular formula is C30H41N3O5. The maximum atomic E-state index is 13.4. The van der Waals surface area contributed by atoms with Crippen LogP contribution in [-0.2, 0) is 25.5 Å². The minimum atomic E-state index is -0.626. The number of carbonyl (C=O) groups is 3. The molecule has 0 bridgehead atoms. The fourth-order valence-electron chi connectivity index (χ4n) is 5.12. The first-order chi connectivity index (χ1) is 18.4. The van der Waals surface area contributed by atoms with Gasteiger partial charge in [0.15, 0.2) is 0 Å². The third kappa shape index (κ3) is 8.31. The monoisotopic (exact) mass is 523 g/mol. The first-order valence-electron chi connectivity index (χ1n) is 13.5. The molecule has 2 aromatic rings. The maximum absolute atomic E-state index is 13.4. The number of aromatic nitrogens is 1. The highest BCUT2D eigenvalue weighted by Gasteiger charge is 2.35. The second-order valence-corrected chi connectivity index (χ2v) is 10.3. The summed E-state index contributed by atoms with van der Waals surface area (Å²) in [5.41, 5.74) is 1.39. The quantitative estimate of drug-likeness (QED) is 0.150. The van der Waals surface area contributed by atoms with Crippen molar-refractivity contribution in [3.05, 3.63) is 61.3 Å². The maximum Gasteiger partial charge on any atom is 0.305 e. The number of esters is 1. The zero-order chi connectivity index (χ0) is 27.4. The summed E-state index contributed by atoms with van der Waals surface area (Å²) in [6.07, 6.45) is 11.1. The molecule has 2 unspecified atom stereocenters. The number of unbranched alkanes of at least 4 members (excludes halogenated alkanes) is 1. The smallest absolute Gasteiger partial charge is 0.305 e. The second-order valence-electron chi connectivity index (χ2n) is 10.3. The molecule has 1 fully saturated rings. The lowest BCUT2D eigenvalue weighted by atomic mass is 9.95. The summed E-state index contributed by atoms with van der Waals surface area (Å²) in [5.74, 6) is -1.50. The Labute approximate surface area is 224 Å². The molecule has 1 aliphatic rings. The van der Waals surface area contributed by atoms with Gasteiger partial charge in [-0.15, -0.1) is 13.2 Å². The van der Waals surface area contributed by atoms with E-state index in [1.807, 2.05) is 30.5 Å². The van der Waals surface area contributed by atoms with Crippen molar-refractivity contribution >= 4 is 28.7 Å². The number of allylic oxidation sites excluding steroid dienone is 2. The van der Waals surface area contributed by atoms with E-state index in [1.165, 1.54) is 0 Å². The number of fused-ring (bicyclic) bond motifs is 1. The van der Waals surface area contributed by atoms with Gasteiger partial charge in [0, 0.05) is 29.9 Å². The molecule has 1 heterocycles. The number of benzene rings is 1. The van der Waals surface area contributed by atoms with Gasteiger partial charge in [0.25, 0.3) is 0 Å². The molecule has 2 atom stereocenters. The Morgan fingerprint density at radius 1 is 1.16 bits per heavy atom. The van der Waals surface area contributed by atoms with Crippen LogP contribution in [-0.4, -0.2) is 52.7 Å². The average Bonchev–Trinajstić information content (AvgIpc) is 3.54. The summed E-state index contributed by atoms with van der Waals surface area (Å²) in [6.45, 7) is 7.35. The zero-order valence-corrected chi connectivity index (χ0v) is 22.2. The fourth-order valence-corrected chi connectivity index (χ4v) is 5.12. The Hall–Kier alpha value is -3.39. The highest BCUT2D eigenvalue weighted by Crippen LogP contribution is 2.29. The number of amides is 2. The number of nitrogens with one attached hydrogen (secondary N) is 3. The first kappa shape index (κ1) is 29.2. The largest absolute Gasteiger partial charge is 0.463 e. The van der Waals surface area contributed by atoms with Crippen LogP contribution in [0.25, 0.3) is 10.9 Å². The fraction of sp³-hybridized carbons (Fsp3) is 0.500. The Morgan fingerprint density at radius 3 is 2.63 bits per heavy atom. The summed E-state index contributed by atoms with van der Waals surface area (Å²) >= 11 is 0. The summed E-state index contributed by atoms with van der Waals surface area (Å²) in [7, 11) is 0. The van der Waals surface area contributed by atoms with Crippen LogP contribution in [0, 0.1) is 5.92 Å². The van der Waals surface area contributed by atoms with Crippen LogP contribution < -0.4 is 10.6 Å². The molecule has 1 aliphatic carbocycles. The lowest BCUT2D eigenvalue weighted by Gasteiger charge is -2.29. The van der Waals surface area contributed by atoms with Gasteiger partial charge in [0.1, 0.15) is 6.61 Å². The van der Waals surface area contributed by atoms with Crippen LogP contribution >= 0.6 is 0 Å². The Kier molecular flexibility index (Phi) is 11.1. The van der Waals surface area contributed by atoms with Gasteiger partial charge >= 0.3 is 5.97 Å². The predicted octanol–water partition coefficient (Wildman–Crippen LogP) is 4.10. The van der Waals surface area contributed by atoms with Gasteiger partial charge in [-0.2, -0.15) is 0 Å². The SMILES string of the molecule is C=CCCCC(=O)OCC(Cc1c[nH]c2ccccc12)NC(=O)C(CC=C)CC(=O)NC1(CO)CCCC1. The van der Waals surface area contributed by atoms with E-state index in [0.717, 1.165) is 48.6 Å². The van der Waals surface area contributed by atoms with Crippen molar-refractivity contribution in [3.8, 4) is 0 Å². The number of hydrogen-bond acceptors (Lipinski definition) is 5. The molecule has 1 aromatic carbocycles. The molecule has 4 N–H and O–H groups in total. The van der Waals surface area contributed by atoms with Crippen molar-refractivity contribution in [2.24, 2.45) is 5.92 Å². The molecule has 0 aliphatic heterocycles. The summed E-state index contributed by atoms with van der Waals surface area (Å²) < 4.78 is 5.52. The van der Waals surface area contributed by atoms with E-state index in [-0.39, 0.29) is 43.8 Å². The zero-order valence-electron chi connectivity index (χ0n) is 22.2. The molecule has 206 valence electrons. The number of aliphatic hydroxyl groups excluding tert-OH is 1. The minimum Gasteiger partial charge on any atom is -0.463 e. The van der Waals surface area contributed by atoms with Crippen LogP contribution in [0.5, 0.6) is 0 Å². The first-order valence-corrected chi connectivity index (χ1v) is 13.5. The number of aliphatic hydroxyl groups is 1. The average molecular weight is 524 g/mol. The topological polar surface area (TPSA) is 121 Å². The number of ether oxygens (including phenoxy) is 1. The van der Waals surface area contributed by atoms with E-state index in [9.17, 15) is 19.5 Å². The van der Waals surface area contributed by atoms with Crippen molar-refractivity contribution in [2.45, 2.75) is 75.8 Å². The summed E-state index contributed by atoms with van der Waals surface area (Å²) in [4.78, 5) is 41.7. The number of rotatable bonds is 16. The van der Waals surface area contributed by atoms with E-state index < -0.39 is 17.5 Å². The highest BCUT2D eigenvalue weighted by atomic mass is 16.5. The third-order valence-electron chi connectivity index (χ3n) is 7.24. The molecule has 1 saturated carbocycles. The molecule has 1 aromatic heterocycles. The molecule has 3 rings (SSSR count). The molecule has 0 spiro atoms. The van der Waals surface area contributed by atoms with Gasteiger partial charge in [-0.3, -0.25) is 14.4 Å². The number of H-pyrrole nitrogens is 1. The summed E-state index contributed by atoms with van der Waals surface area (Å²) in [5, 5.41) is 16.9. The van der Waals surface area contributed by atoms with E-state index in [0.29, 0.717) is 19.3 Å². The van der Waals surface area contributed by atoms with Crippen molar-refractivity contribution in [3.63, 3.8) is 0 Å². The third-order valence-corrected chi connectivity index (χ3v) is 7.24. The Morgan fingerprint density at radius 2 is 1.92 bits per heavy atom. The lowest BCUT2D eigenvalue weighted by molar-refractivity contribution is -0.145. The molecular weight excluding hydrogens is 482 g/mol. The highest BCUT2D eigenvalue weighted by molar-refractivity contribution is 5.87. The molecule has 0 radical (unpaired) electrons. The van der Waals surface area contributed by atoms with Gasteiger partial charge < -0.3 is 25.5 Å². The van der Waals surface area contributed by atoms with Crippen LogP contribution in [0.3, 0.4) is 0 Å². The molecule has 8 nitrogen and oxygen atoms in total. The number of carbonyl (C=O) groups excluding carboxylic acids is 3. The Balaban J connectivity index is 1.68. The number of para-hydroxylation sites is 1. The van der Waals surface area contributed by atoms with Crippen LogP contribution in [0.2, 0.25) is 0 Å². The van der Waals surface area contributed by atoms with E-state index >= 15 is 0 Å². The van der Waals surface area contributed by atoms with Gasteiger partial charge in [0.05, 0.1) is 24.1 Å². The normalized spacial score (nSPS) is 15.9. The van der Waals surface area contributed by atoms with Crippen LogP contribution in [0.15, 0.2) is 55.8 Å². The minimum absolute atomic E-state index is 0.0131. The van der Waals surface area contributed by atoms with E-state index in [1.54, 1.807) is 12.2 Å². The van der Waals surface area contributed by atoms with Gasteiger partial charge in [-0.1, -0.05) is 43.2 Å². The lowest BCUT2D eigenvalue weighted by Crippen LogP contribution is -2.50.